The predicted octanol–water partition coefficient (Wildman–Crippen LogP) is 3.64. The Hall–Kier alpha value is -1.81. The summed E-state index contributed by atoms with van der Waals surface area (Å²) in [5, 5.41) is 10.5. The molecule has 0 spiro atoms. The zero-order chi connectivity index (χ0) is 13.1. The Morgan fingerprint density at radius 3 is 2.44 bits per heavy atom. The molecule has 1 aromatic carbocycles. The van der Waals surface area contributed by atoms with Crippen LogP contribution in [0.4, 0.5) is 0 Å². The number of carboxylic acids is 1. The Morgan fingerprint density at radius 1 is 1.22 bits per heavy atom. The van der Waals surface area contributed by atoms with E-state index in [4.69, 9.17) is 9.84 Å². The second-order valence-corrected chi connectivity index (χ2v) is 5.15. The number of ether oxygens (including phenoxy) is 1. The van der Waals surface area contributed by atoms with E-state index >= 15 is 0 Å². The summed E-state index contributed by atoms with van der Waals surface area (Å²) in [4.78, 5) is 11.0. The molecule has 1 heterocycles. The SMILES string of the molecule is Cc1cc(C)cc(COc2csc(C(=O)O)c2)c1. The first-order valence-electron chi connectivity index (χ1n) is 5.56. The van der Waals surface area contributed by atoms with Gasteiger partial charge < -0.3 is 9.84 Å². The van der Waals surface area contributed by atoms with Crippen molar-refractivity contribution >= 4 is 17.3 Å². The third-order valence-corrected chi connectivity index (χ3v) is 3.37. The Morgan fingerprint density at radius 2 is 1.89 bits per heavy atom. The minimum absolute atomic E-state index is 0.297. The fourth-order valence-electron chi connectivity index (χ4n) is 1.83. The van der Waals surface area contributed by atoms with Gasteiger partial charge in [0.25, 0.3) is 0 Å². The molecule has 1 N–H and O–H groups in total. The van der Waals surface area contributed by atoms with E-state index in [1.807, 2.05) is 13.8 Å². The van der Waals surface area contributed by atoms with Crippen LogP contribution in [-0.2, 0) is 6.61 Å². The highest BCUT2D eigenvalue weighted by molar-refractivity contribution is 7.12. The molecule has 0 saturated heterocycles. The standard InChI is InChI=1S/C14H14O3S/c1-9-3-10(2)5-11(4-9)7-17-12-6-13(14(15)16)18-8-12/h3-6,8H,7H2,1-2H3,(H,15,16). The molecule has 0 fully saturated rings. The van der Waals surface area contributed by atoms with Crippen LogP contribution in [-0.4, -0.2) is 11.1 Å². The van der Waals surface area contributed by atoms with Crippen LogP contribution in [0.3, 0.4) is 0 Å². The number of carboxylic acid groups (broad SMARTS) is 1. The smallest absolute Gasteiger partial charge is 0.346 e. The molecule has 4 heteroatoms. The van der Waals surface area contributed by atoms with E-state index in [1.54, 1.807) is 11.4 Å². The van der Waals surface area contributed by atoms with Gasteiger partial charge in [-0.05, 0) is 19.4 Å². The molecule has 0 amide bonds. The molecule has 0 radical (unpaired) electrons. The van der Waals surface area contributed by atoms with E-state index in [1.165, 1.54) is 22.5 Å². The molecule has 0 atom stereocenters. The van der Waals surface area contributed by atoms with Gasteiger partial charge in [0.05, 0.1) is 0 Å². The molecule has 94 valence electrons. The van der Waals surface area contributed by atoms with Crippen LogP contribution in [0.1, 0.15) is 26.4 Å². The van der Waals surface area contributed by atoms with Crippen molar-refractivity contribution in [2.24, 2.45) is 0 Å². The van der Waals surface area contributed by atoms with Gasteiger partial charge in [-0.2, -0.15) is 0 Å². The molecule has 18 heavy (non-hydrogen) atoms. The summed E-state index contributed by atoms with van der Waals surface area (Å²) in [6, 6.07) is 7.79. The van der Waals surface area contributed by atoms with Crippen molar-refractivity contribution in [1.29, 1.82) is 0 Å². The number of hydrogen-bond donors (Lipinski definition) is 1. The number of rotatable bonds is 4. The molecule has 0 aliphatic rings. The molecule has 2 aromatic rings. The van der Waals surface area contributed by atoms with Crippen molar-refractivity contribution in [3.8, 4) is 5.75 Å². The van der Waals surface area contributed by atoms with Gasteiger partial charge in [-0.1, -0.05) is 29.3 Å². The lowest BCUT2D eigenvalue weighted by Crippen LogP contribution is -1.96. The molecule has 0 unspecified atom stereocenters. The van der Waals surface area contributed by atoms with Gasteiger partial charge in [0, 0.05) is 11.4 Å². The molecule has 0 aliphatic carbocycles. The molecular formula is C14H14O3S. The summed E-state index contributed by atoms with van der Waals surface area (Å²) >= 11 is 1.17. The van der Waals surface area contributed by atoms with Crippen LogP contribution < -0.4 is 4.74 Å². The third kappa shape index (κ3) is 3.11. The van der Waals surface area contributed by atoms with Gasteiger partial charge in [0.15, 0.2) is 0 Å². The summed E-state index contributed by atoms with van der Waals surface area (Å²) in [7, 11) is 0. The maximum absolute atomic E-state index is 10.7. The van der Waals surface area contributed by atoms with Crippen molar-refractivity contribution in [3.05, 3.63) is 51.2 Å². The number of hydrogen-bond acceptors (Lipinski definition) is 3. The van der Waals surface area contributed by atoms with Crippen LogP contribution in [0.2, 0.25) is 0 Å². The lowest BCUT2D eigenvalue weighted by Gasteiger charge is -2.06. The summed E-state index contributed by atoms with van der Waals surface area (Å²) < 4.78 is 5.58. The first kappa shape index (κ1) is 12.6. The molecule has 0 aliphatic heterocycles. The number of aromatic carboxylic acids is 1. The Balaban J connectivity index is 2.04. The molecule has 2 rings (SSSR count). The largest absolute Gasteiger partial charge is 0.488 e. The van der Waals surface area contributed by atoms with E-state index in [-0.39, 0.29) is 0 Å². The van der Waals surface area contributed by atoms with Gasteiger partial charge in [-0.25, -0.2) is 4.79 Å². The fourth-order valence-corrected chi connectivity index (χ4v) is 2.49. The van der Waals surface area contributed by atoms with Crippen LogP contribution in [0, 0.1) is 13.8 Å². The second kappa shape index (κ2) is 5.23. The Kier molecular flexibility index (Phi) is 3.67. The van der Waals surface area contributed by atoms with Gasteiger partial charge >= 0.3 is 5.97 Å². The minimum atomic E-state index is -0.916. The quantitative estimate of drug-likeness (QED) is 0.915. The highest BCUT2D eigenvalue weighted by Crippen LogP contribution is 2.22. The Labute approximate surface area is 110 Å². The second-order valence-electron chi connectivity index (χ2n) is 4.24. The number of thiophene rings is 1. The van der Waals surface area contributed by atoms with E-state index in [0.29, 0.717) is 17.2 Å². The lowest BCUT2D eigenvalue weighted by atomic mass is 10.1. The van der Waals surface area contributed by atoms with Gasteiger partial charge in [-0.15, -0.1) is 11.3 Å². The van der Waals surface area contributed by atoms with Crippen molar-refractivity contribution < 1.29 is 14.6 Å². The summed E-state index contributed by atoms with van der Waals surface area (Å²) in [5.74, 6) is -0.308. The van der Waals surface area contributed by atoms with Gasteiger partial charge in [0.2, 0.25) is 0 Å². The Bertz CT molecular complexity index is 552. The maximum Gasteiger partial charge on any atom is 0.346 e. The fraction of sp³-hybridized carbons (Fsp3) is 0.214. The number of benzene rings is 1. The van der Waals surface area contributed by atoms with E-state index in [2.05, 4.69) is 18.2 Å². The van der Waals surface area contributed by atoms with Gasteiger partial charge in [0.1, 0.15) is 17.2 Å². The van der Waals surface area contributed by atoms with Crippen LogP contribution in [0.5, 0.6) is 5.75 Å². The van der Waals surface area contributed by atoms with Crippen LogP contribution >= 0.6 is 11.3 Å². The zero-order valence-corrected chi connectivity index (χ0v) is 11.1. The first-order valence-corrected chi connectivity index (χ1v) is 6.44. The average molecular weight is 262 g/mol. The molecule has 3 nitrogen and oxygen atoms in total. The molecule has 0 saturated carbocycles. The maximum atomic E-state index is 10.7. The molecular weight excluding hydrogens is 248 g/mol. The highest BCUT2D eigenvalue weighted by atomic mass is 32.1. The van der Waals surface area contributed by atoms with Crippen molar-refractivity contribution in [1.82, 2.24) is 0 Å². The highest BCUT2D eigenvalue weighted by Gasteiger charge is 2.07. The monoisotopic (exact) mass is 262 g/mol. The molecule has 0 bridgehead atoms. The average Bonchev–Trinajstić information content (AvgIpc) is 2.73. The van der Waals surface area contributed by atoms with Crippen molar-refractivity contribution in [3.63, 3.8) is 0 Å². The summed E-state index contributed by atoms with van der Waals surface area (Å²) in [6.07, 6.45) is 0. The predicted molar refractivity (Wildman–Crippen MR) is 71.5 cm³/mol. The van der Waals surface area contributed by atoms with Gasteiger partial charge in [-0.3, -0.25) is 0 Å². The van der Waals surface area contributed by atoms with E-state index in [9.17, 15) is 4.79 Å². The topological polar surface area (TPSA) is 46.5 Å². The summed E-state index contributed by atoms with van der Waals surface area (Å²) in [6.45, 7) is 4.55. The first-order chi connectivity index (χ1) is 8.54. The van der Waals surface area contributed by atoms with E-state index in [0.717, 1.165) is 5.56 Å². The summed E-state index contributed by atoms with van der Waals surface area (Å²) in [5.41, 5.74) is 3.49. The normalized spacial score (nSPS) is 10.3. The molecule has 1 aromatic heterocycles. The number of carbonyl (C=O) groups is 1. The van der Waals surface area contributed by atoms with Crippen molar-refractivity contribution in [2.45, 2.75) is 20.5 Å². The third-order valence-electron chi connectivity index (χ3n) is 2.47. The van der Waals surface area contributed by atoms with E-state index < -0.39 is 5.97 Å². The zero-order valence-electron chi connectivity index (χ0n) is 10.3. The lowest BCUT2D eigenvalue weighted by molar-refractivity contribution is 0.0702. The minimum Gasteiger partial charge on any atom is -0.488 e. The van der Waals surface area contributed by atoms with Crippen molar-refractivity contribution in [2.75, 3.05) is 0 Å². The van der Waals surface area contributed by atoms with Crippen LogP contribution in [0.15, 0.2) is 29.6 Å². The number of aryl methyl sites for hydroxylation is 2. The van der Waals surface area contributed by atoms with Crippen LogP contribution in [0.25, 0.3) is 0 Å².